The van der Waals surface area contributed by atoms with E-state index in [1.807, 2.05) is 6.92 Å². The lowest BCUT2D eigenvalue weighted by atomic mass is 10.2. The number of rotatable bonds is 2. The number of hydrogen-bond donors (Lipinski definition) is 1. The topological polar surface area (TPSA) is 33.1 Å². The molecule has 2 heteroatoms. The van der Waals surface area contributed by atoms with E-state index in [9.17, 15) is 0 Å². The Morgan fingerprint density at radius 1 is 1.50 bits per heavy atom. The molecule has 0 saturated heterocycles. The minimum atomic E-state index is 0.548. The summed E-state index contributed by atoms with van der Waals surface area (Å²) in [5, 5.41) is 7.06. The maximum absolute atomic E-state index is 7.06. The zero-order chi connectivity index (χ0) is 6.57. The molecule has 0 unspecified atom stereocenters. The molecule has 0 aromatic rings. The van der Waals surface area contributed by atoms with Gasteiger partial charge < -0.3 is 10.1 Å². The van der Waals surface area contributed by atoms with Crippen LogP contribution >= 0.6 is 0 Å². The molecule has 0 bridgehead atoms. The van der Waals surface area contributed by atoms with E-state index in [0.29, 0.717) is 5.71 Å². The SMILES string of the molecule is CO/C=C(\C)C(C)=N. The molecule has 0 rings (SSSR count). The molecule has 0 spiro atoms. The maximum atomic E-state index is 7.06. The van der Waals surface area contributed by atoms with Crippen LogP contribution in [-0.4, -0.2) is 12.8 Å². The van der Waals surface area contributed by atoms with Crippen LogP contribution in [0.5, 0.6) is 0 Å². The van der Waals surface area contributed by atoms with Gasteiger partial charge in [-0.2, -0.15) is 0 Å². The first-order chi connectivity index (χ1) is 3.68. The predicted molar refractivity (Wildman–Crippen MR) is 34.2 cm³/mol. The van der Waals surface area contributed by atoms with Crippen molar-refractivity contribution >= 4 is 5.71 Å². The molecule has 8 heavy (non-hydrogen) atoms. The van der Waals surface area contributed by atoms with Crippen LogP contribution in [0.2, 0.25) is 0 Å². The zero-order valence-electron chi connectivity index (χ0n) is 5.49. The van der Waals surface area contributed by atoms with Crippen LogP contribution in [0.15, 0.2) is 11.8 Å². The molecule has 0 aromatic carbocycles. The fraction of sp³-hybridized carbons (Fsp3) is 0.500. The summed E-state index contributed by atoms with van der Waals surface area (Å²) in [6, 6.07) is 0. The summed E-state index contributed by atoms with van der Waals surface area (Å²) in [6.45, 7) is 3.57. The van der Waals surface area contributed by atoms with E-state index in [-0.39, 0.29) is 0 Å². The second kappa shape index (κ2) is 3.24. The van der Waals surface area contributed by atoms with Gasteiger partial charge in [-0.3, -0.25) is 0 Å². The van der Waals surface area contributed by atoms with Crippen LogP contribution in [0, 0.1) is 5.41 Å². The second-order valence-electron chi connectivity index (χ2n) is 1.66. The van der Waals surface area contributed by atoms with Crippen molar-refractivity contribution in [2.75, 3.05) is 7.11 Å². The Bertz CT molecular complexity index is 116. The van der Waals surface area contributed by atoms with Gasteiger partial charge in [-0.15, -0.1) is 0 Å². The molecular formula is C6H11NO. The van der Waals surface area contributed by atoms with Crippen molar-refractivity contribution in [2.24, 2.45) is 0 Å². The van der Waals surface area contributed by atoms with Gasteiger partial charge >= 0.3 is 0 Å². The molecule has 0 atom stereocenters. The minimum Gasteiger partial charge on any atom is -0.504 e. The monoisotopic (exact) mass is 113 g/mol. The van der Waals surface area contributed by atoms with E-state index < -0.39 is 0 Å². The average Bonchev–Trinajstić information content (AvgIpc) is 1.67. The van der Waals surface area contributed by atoms with Gasteiger partial charge in [-0.1, -0.05) is 0 Å². The highest BCUT2D eigenvalue weighted by atomic mass is 16.5. The maximum Gasteiger partial charge on any atom is 0.0871 e. The van der Waals surface area contributed by atoms with E-state index in [1.165, 1.54) is 0 Å². The highest BCUT2D eigenvalue weighted by molar-refractivity contribution is 5.94. The van der Waals surface area contributed by atoms with Crippen LogP contribution in [0.3, 0.4) is 0 Å². The normalized spacial score (nSPS) is 11.1. The molecule has 0 aliphatic heterocycles. The summed E-state index contributed by atoms with van der Waals surface area (Å²) in [7, 11) is 1.58. The average molecular weight is 113 g/mol. The predicted octanol–water partition coefficient (Wildman–Crippen LogP) is 1.58. The van der Waals surface area contributed by atoms with Gasteiger partial charge in [0, 0.05) is 11.3 Å². The summed E-state index contributed by atoms with van der Waals surface area (Å²) in [4.78, 5) is 0. The van der Waals surface area contributed by atoms with Crippen molar-refractivity contribution in [3.8, 4) is 0 Å². The van der Waals surface area contributed by atoms with Gasteiger partial charge in [0.2, 0.25) is 0 Å². The quantitative estimate of drug-likeness (QED) is 0.428. The highest BCUT2D eigenvalue weighted by Crippen LogP contribution is 1.92. The molecule has 0 aromatic heterocycles. The third-order valence-electron chi connectivity index (χ3n) is 0.886. The van der Waals surface area contributed by atoms with E-state index >= 15 is 0 Å². The fourth-order valence-corrected chi connectivity index (χ4v) is 0.265. The Balaban J connectivity index is 3.80. The molecule has 0 saturated carbocycles. The van der Waals surface area contributed by atoms with Gasteiger partial charge in [0.1, 0.15) is 0 Å². The molecule has 0 aliphatic rings. The Hall–Kier alpha value is -0.790. The summed E-state index contributed by atoms with van der Waals surface area (Å²) < 4.78 is 4.66. The first-order valence-corrected chi connectivity index (χ1v) is 2.43. The molecule has 0 fully saturated rings. The number of nitrogens with one attached hydrogen (secondary N) is 1. The van der Waals surface area contributed by atoms with Crippen LogP contribution in [0.25, 0.3) is 0 Å². The molecule has 0 amide bonds. The summed E-state index contributed by atoms with van der Waals surface area (Å²) in [6.07, 6.45) is 1.56. The van der Waals surface area contributed by atoms with Crippen molar-refractivity contribution in [3.05, 3.63) is 11.8 Å². The third kappa shape index (κ3) is 2.39. The molecule has 2 nitrogen and oxygen atoms in total. The highest BCUT2D eigenvalue weighted by Gasteiger charge is 1.87. The Kier molecular flexibility index (Phi) is 2.92. The standard InChI is InChI=1S/C6H11NO/c1-5(4-8-3)6(2)7/h4,7H,1-3H3/b5-4+,7-6?. The fourth-order valence-electron chi connectivity index (χ4n) is 0.265. The number of hydrogen-bond acceptors (Lipinski definition) is 2. The van der Waals surface area contributed by atoms with Gasteiger partial charge in [-0.25, -0.2) is 0 Å². The first-order valence-electron chi connectivity index (χ1n) is 2.43. The lowest BCUT2D eigenvalue weighted by Crippen LogP contribution is -1.89. The number of ether oxygens (including phenoxy) is 1. The largest absolute Gasteiger partial charge is 0.504 e. The van der Waals surface area contributed by atoms with Crippen molar-refractivity contribution < 1.29 is 4.74 Å². The van der Waals surface area contributed by atoms with E-state index in [4.69, 9.17) is 5.41 Å². The lowest BCUT2D eigenvalue weighted by Gasteiger charge is -1.93. The Morgan fingerprint density at radius 3 is 2.12 bits per heavy atom. The van der Waals surface area contributed by atoms with Crippen molar-refractivity contribution in [1.29, 1.82) is 5.41 Å². The van der Waals surface area contributed by atoms with Gasteiger partial charge in [0.05, 0.1) is 13.4 Å². The van der Waals surface area contributed by atoms with Crippen LogP contribution in [0.1, 0.15) is 13.8 Å². The summed E-state index contributed by atoms with van der Waals surface area (Å²) in [5.41, 5.74) is 1.42. The van der Waals surface area contributed by atoms with E-state index in [1.54, 1.807) is 20.3 Å². The van der Waals surface area contributed by atoms with Crippen molar-refractivity contribution in [1.82, 2.24) is 0 Å². The smallest absolute Gasteiger partial charge is 0.0871 e. The van der Waals surface area contributed by atoms with E-state index in [0.717, 1.165) is 5.57 Å². The Labute approximate surface area is 49.7 Å². The molecule has 46 valence electrons. The zero-order valence-corrected chi connectivity index (χ0v) is 5.49. The van der Waals surface area contributed by atoms with Crippen LogP contribution < -0.4 is 0 Å². The second-order valence-corrected chi connectivity index (χ2v) is 1.66. The molecule has 0 heterocycles. The van der Waals surface area contributed by atoms with Crippen LogP contribution in [-0.2, 0) is 4.74 Å². The molecular weight excluding hydrogens is 102 g/mol. The first kappa shape index (κ1) is 7.21. The lowest BCUT2D eigenvalue weighted by molar-refractivity contribution is 0.335. The third-order valence-corrected chi connectivity index (χ3v) is 0.886. The van der Waals surface area contributed by atoms with Crippen molar-refractivity contribution in [3.63, 3.8) is 0 Å². The number of allylic oxidation sites excluding steroid dienone is 1. The van der Waals surface area contributed by atoms with Gasteiger partial charge in [0.15, 0.2) is 0 Å². The summed E-state index contributed by atoms with van der Waals surface area (Å²) >= 11 is 0. The van der Waals surface area contributed by atoms with Gasteiger partial charge in [0.25, 0.3) is 0 Å². The van der Waals surface area contributed by atoms with Crippen LogP contribution in [0.4, 0.5) is 0 Å². The van der Waals surface area contributed by atoms with Gasteiger partial charge in [-0.05, 0) is 13.8 Å². The minimum absolute atomic E-state index is 0.548. The molecule has 1 N–H and O–H groups in total. The van der Waals surface area contributed by atoms with E-state index in [2.05, 4.69) is 4.74 Å². The van der Waals surface area contributed by atoms with Crippen molar-refractivity contribution in [2.45, 2.75) is 13.8 Å². The molecule has 0 radical (unpaired) electrons. The Morgan fingerprint density at radius 2 is 2.00 bits per heavy atom. The summed E-state index contributed by atoms with van der Waals surface area (Å²) in [5.74, 6) is 0. The molecule has 0 aliphatic carbocycles. The number of methoxy groups -OCH3 is 1.